The number of carbonyl (C=O) groups excluding carboxylic acids is 2. The highest BCUT2D eigenvalue weighted by molar-refractivity contribution is 6.30. The number of Topliss-reactive ketones (excluding diaryl/α,β-unsaturated/α-hetero) is 1. The van der Waals surface area contributed by atoms with Gasteiger partial charge < -0.3 is 14.2 Å². The van der Waals surface area contributed by atoms with Crippen LogP contribution in [0.25, 0.3) is 11.0 Å². The molecule has 0 aliphatic carbocycles. The summed E-state index contributed by atoms with van der Waals surface area (Å²) in [5.41, 5.74) is 2.66. The van der Waals surface area contributed by atoms with Crippen molar-refractivity contribution in [2.45, 2.75) is 38.8 Å². The second kappa shape index (κ2) is 11.6. The molecule has 1 aliphatic rings. The lowest BCUT2D eigenvalue weighted by Gasteiger charge is -2.32. The van der Waals surface area contributed by atoms with Crippen LogP contribution < -0.4 is 4.74 Å². The van der Waals surface area contributed by atoms with E-state index in [1.54, 1.807) is 24.3 Å². The standard InChI is InChI=1S/C30H30ClN3O3/c31-24-12-10-23(11-13-24)28(35)14-15-30(36)33-18-16-22(17-19-33)20-34-27-9-5-4-8-26(27)32-29(34)21-37-25-6-2-1-3-7-25/h1-13,22H,14-21H2. The van der Waals surface area contributed by atoms with Crippen molar-refractivity contribution in [2.75, 3.05) is 13.1 Å². The summed E-state index contributed by atoms with van der Waals surface area (Å²) in [5.74, 6) is 2.18. The van der Waals surface area contributed by atoms with Crippen LogP contribution in [0.1, 0.15) is 41.9 Å². The molecule has 190 valence electrons. The van der Waals surface area contributed by atoms with Crippen LogP contribution in [0.4, 0.5) is 0 Å². The van der Waals surface area contributed by atoms with Crippen LogP contribution in [0, 0.1) is 5.92 Å². The molecule has 1 amide bonds. The number of ether oxygens (including phenoxy) is 1. The van der Waals surface area contributed by atoms with Crippen molar-refractivity contribution in [1.82, 2.24) is 14.5 Å². The van der Waals surface area contributed by atoms with Gasteiger partial charge in [-0.2, -0.15) is 0 Å². The number of rotatable bonds is 9. The maximum absolute atomic E-state index is 12.8. The summed E-state index contributed by atoms with van der Waals surface area (Å²) < 4.78 is 8.28. The number of likely N-dealkylation sites (tertiary alicyclic amines) is 1. The Hall–Kier alpha value is -3.64. The van der Waals surface area contributed by atoms with Crippen molar-refractivity contribution in [2.24, 2.45) is 5.92 Å². The van der Waals surface area contributed by atoms with Crippen molar-refractivity contribution in [3.8, 4) is 5.75 Å². The number of nitrogens with zero attached hydrogens (tertiary/aromatic N) is 3. The molecule has 0 N–H and O–H groups in total. The lowest BCUT2D eigenvalue weighted by Crippen LogP contribution is -2.39. The van der Waals surface area contributed by atoms with Crippen molar-refractivity contribution in [3.63, 3.8) is 0 Å². The third-order valence-corrected chi connectivity index (χ3v) is 7.24. The van der Waals surface area contributed by atoms with Gasteiger partial charge in [0.2, 0.25) is 5.91 Å². The fraction of sp³-hybridized carbons (Fsp3) is 0.300. The zero-order valence-electron chi connectivity index (χ0n) is 20.7. The van der Waals surface area contributed by atoms with Gasteiger partial charge in [-0.25, -0.2) is 4.98 Å². The Labute approximate surface area is 221 Å². The predicted octanol–water partition coefficient (Wildman–Crippen LogP) is 6.17. The predicted molar refractivity (Wildman–Crippen MR) is 145 cm³/mol. The average Bonchev–Trinajstić information content (AvgIpc) is 3.29. The first-order valence-electron chi connectivity index (χ1n) is 12.8. The molecule has 1 aliphatic heterocycles. The number of ketones is 1. The van der Waals surface area contributed by atoms with Crippen molar-refractivity contribution < 1.29 is 14.3 Å². The molecule has 6 nitrogen and oxygen atoms in total. The van der Waals surface area contributed by atoms with Crippen LogP contribution in [-0.2, 0) is 17.9 Å². The Morgan fingerprint density at radius 1 is 0.892 bits per heavy atom. The minimum Gasteiger partial charge on any atom is -0.486 e. The van der Waals surface area contributed by atoms with Gasteiger partial charge >= 0.3 is 0 Å². The number of piperidine rings is 1. The van der Waals surface area contributed by atoms with Gasteiger partial charge in [-0.3, -0.25) is 9.59 Å². The second-order valence-electron chi connectivity index (χ2n) is 9.48. The SMILES string of the molecule is O=C(CCC(=O)N1CCC(Cn2c(COc3ccccc3)nc3ccccc32)CC1)c1ccc(Cl)cc1. The number of amides is 1. The second-order valence-corrected chi connectivity index (χ2v) is 9.92. The first-order chi connectivity index (χ1) is 18.1. The molecule has 1 fully saturated rings. The molecule has 2 heterocycles. The zero-order valence-corrected chi connectivity index (χ0v) is 21.4. The number of para-hydroxylation sites is 3. The Morgan fingerprint density at radius 2 is 1.59 bits per heavy atom. The van der Waals surface area contributed by atoms with Gasteiger partial charge in [0.25, 0.3) is 0 Å². The maximum Gasteiger partial charge on any atom is 0.223 e. The number of halogens is 1. The highest BCUT2D eigenvalue weighted by atomic mass is 35.5. The van der Waals surface area contributed by atoms with Crippen molar-refractivity contribution >= 4 is 34.3 Å². The molecule has 0 saturated carbocycles. The molecule has 37 heavy (non-hydrogen) atoms. The van der Waals surface area contributed by atoms with Gasteiger partial charge in [-0.15, -0.1) is 0 Å². The van der Waals surface area contributed by atoms with Gasteiger partial charge in [-0.1, -0.05) is 41.9 Å². The van der Waals surface area contributed by atoms with E-state index >= 15 is 0 Å². The quantitative estimate of drug-likeness (QED) is 0.250. The molecular formula is C30H30ClN3O3. The van der Waals surface area contributed by atoms with Crippen LogP contribution in [0.2, 0.25) is 5.02 Å². The molecule has 0 radical (unpaired) electrons. The molecule has 0 unspecified atom stereocenters. The molecule has 0 bridgehead atoms. The largest absolute Gasteiger partial charge is 0.486 e. The van der Waals surface area contributed by atoms with Crippen LogP contribution in [0.3, 0.4) is 0 Å². The minimum absolute atomic E-state index is 0.0304. The van der Waals surface area contributed by atoms with Crippen molar-refractivity contribution in [1.29, 1.82) is 0 Å². The topological polar surface area (TPSA) is 64.4 Å². The summed E-state index contributed by atoms with van der Waals surface area (Å²) in [5, 5.41) is 0.593. The summed E-state index contributed by atoms with van der Waals surface area (Å²) in [4.78, 5) is 31.9. The number of benzene rings is 3. The molecule has 0 spiro atoms. The van der Waals surface area contributed by atoms with E-state index in [4.69, 9.17) is 21.3 Å². The average molecular weight is 516 g/mol. The Kier molecular flexibility index (Phi) is 7.85. The van der Waals surface area contributed by atoms with Crippen molar-refractivity contribution in [3.05, 3.63) is 95.3 Å². The van der Waals surface area contributed by atoms with Gasteiger partial charge in [-0.05, 0) is 67.3 Å². The number of imidazole rings is 1. The molecule has 1 saturated heterocycles. The highest BCUT2D eigenvalue weighted by Crippen LogP contribution is 2.25. The molecule has 0 atom stereocenters. The van der Waals surface area contributed by atoms with E-state index in [0.717, 1.165) is 42.0 Å². The fourth-order valence-corrected chi connectivity index (χ4v) is 5.01. The number of aromatic nitrogens is 2. The van der Waals surface area contributed by atoms with Crippen LogP contribution in [0.15, 0.2) is 78.9 Å². The lowest BCUT2D eigenvalue weighted by atomic mass is 9.96. The summed E-state index contributed by atoms with van der Waals surface area (Å²) in [6.45, 7) is 2.66. The first kappa shape index (κ1) is 25.0. The van der Waals surface area contributed by atoms with Gasteiger partial charge in [0.05, 0.1) is 11.0 Å². The van der Waals surface area contributed by atoms with Crippen LogP contribution >= 0.6 is 11.6 Å². The monoisotopic (exact) mass is 515 g/mol. The summed E-state index contributed by atoms with van der Waals surface area (Å²) >= 11 is 5.90. The smallest absolute Gasteiger partial charge is 0.223 e. The van der Waals surface area contributed by atoms with Gasteiger partial charge in [0.15, 0.2) is 5.78 Å². The van der Waals surface area contributed by atoms with E-state index in [-0.39, 0.29) is 24.5 Å². The maximum atomic E-state index is 12.8. The van der Waals surface area contributed by atoms with E-state index in [1.807, 2.05) is 53.4 Å². The molecule has 4 aromatic rings. The van der Waals surface area contributed by atoms with E-state index in [1.165, 1.54) is 0 Å². The van der Waals surface area contributed by atoms with E-state index < -0.39 is 0 Å². The summed E-state index contributed by atoms with van der Waals surface area (Å²) in [6.07, 6.45) is 2.29. The molecule has 3 aromatic carbocycles. The molecule has 7 heteroatoms. The van der Waals surface area contributed by atoms with Gasteiger partial charge in [0.1, 0.15) is 18.2 Å². The Balaban J connectivity index is 1.17. The van der Waals surface area contributed by atoms with Gasteiger partial charge in [0, 0.05) is 43.1 Å². The Morgan fingerprint density at radius 3 is 2.35 bits per heavy atom. The van der Waals surface area contributed by atoms with E-state index in [9.17, 15) is 9.59 Å². The van der Waals surface area contributed by atoms with Crippen LogP contribution in [-0.4, -0.2) is 39.2 Å². The number of carbonyl (C=O) groups is 2. The third kappa shape index (κ3) is 6.20. The Bertz CT molecular complexity index is 1360. The molecule has 5 rings (SSSR count). The summed E-state index contributed by atoms with van der Waals surface area (Å²) in [6, 6.07) is 24.8. The minimum atomic E-state index is -0.0304. The lowest BCUT2D eigenvalue weighted by molar-refractivity contribution is -0.132. The van der Waals surface area contributed by atoms with Crippen LogP contribution in [0.5, 0.6) is 5.75 Å². The number of hydrogen-bond acceptors (Lipinski definition) is 4. The van der Waals surface area contributed by atoms with E-state index in [2.05, 4.69) is 10.6 Å². The zero-order chi connectivity index (χ0) is 25.6. The number of hydrogen-bond donors (Lipinski definition) is 0. The fourth-order valence-electron chi connectivity index (χ4n) is 4.89. The normalized spacial score (nSPS) is 14.1. The summed E-state index contributed by atoms with van der Waals surface area (Å²) in [7, 11) is 0. The number of fused-ring (bicyclic) bond motifs is 1. The third-order valence-electron chi connectivity index (χ3n) is 6.98. The molecular weight excluding hydrogens is 486 g/mol. The van der Waals surface area contributed by atoms with E-state index in [0.29, 0.717) is 36.2 Å². The molecule has 1 aromatic heterocycles. The highest BCUT2D eigenvalue weighted by Gasteiger charge is 2.25. The first-order valence-corrected chi connectivity index (χ1v) is 13.1.